The molecule has 3 nitrogen and oxygen atoms in total. The molecule has 0 N–H and O–H groups in total. The van der Waals surface area contributed by atoms with Gasteiger partial charge in [0.1, 0.15) is 0 Å². The fourth-order valence-corrected chi connectivity index (χ4v) is 7.22. The van der Waals surface area contributed by atoms with E-state index >= 15 is 0 Å². The summed E-state index contributed by atoms with van der Waals surface area (Å²) in [6.07, 6.45) is 9.96. The number of benzene rings is 6. The van der Waals surface area contributed by atoms with Crippen LogP contribution in [0.3, 0.4) is 0 Å². The van der Waals surface area contributed by atoms with Gasteiger partial charge in [-0.05, 0) is 104 Å². The van der Waals surface area contributed by atoms with Crippen LogP contribution in [-0.4, -0.2) is 15.0 Å². The fourth-order valence-electron chi connectivity index (χ4n) is 7.22. The average Bonchev–Trinajstić information content (AvgIpc) is 3.29. The van der Waals surface area contributed by atoms with Crippen molar-refractivity contribution >= 4 is 12.2 Å². The molecule has 9 aromatic rings. The summed E-state index contributed by atoms with van der Waals surface area (Å²) in [5, 5.41) is 0. The molecule has 0 aliphatic rings. The summed E-state index contributed by atoms with van der Waals surface area (Å²) in [6, 6.07) is 68.2. The lowest BCUT2D eigenvalue weighted by Gasteiger charge is -2.16. The van der Waals surface area contributed by atoms with Gasteiger partial charge in [0.15, 0.2) is 0 Å². The topological polar surface area (TPSA) is 38.7 Å². The van der Waals surface area contributed by atoms with E-state index in [1.807, 2.05) is 73.2 Å². The lowest BCUT2D eigenvalue weighted by atomic mass is 9.88. The molecule has 9 rings (SSSR count). The van der Waals surface area contributed by atoms with Gasteiger partial charge in [0, 0.05) is 35.3 Å². The van der Waals surface area contributed by atoms with Crippen molar-refractivity contribution in [2.45, 2.75) is 0 Å². The van der Waals surface area contributed by atoms with Gasteiger partial charge < -0.3 is 0 Å². The van der Waals surface area contributed by atoms with Gasteiger partial charge in [-0.1, -0.05) is 158 Å². The molecule has 264 valence electrons. The number of hydrogen-bond donors (Lipinski definition) is 0. The lowest BCUT2D eigenvalue weighted by Crippen LogP contribution is -1.91. The summed E-state index contributed by atoms with van der Waals surface area (Å²) in [7, 11) is 0. The van der Waals surface area contributed by atoms with Crippen LogP contribution in [0.15, 0.2) is 213 Å². The van der Waals surface area contributed by atoms with Gasteiger partial charge >= 0.3 is 0 Å². The van der Waals surface area contributed by atoms with Crippen LogP contribution in [-0.2, 0) is 0 Å². The van der Waals surface area contributed by atoms with Crippen molar-refractivity contribution in [2.24, 2.45) is 0 Å². The van der Waals surface area contributed by atoms with Crippen molar-refractivity contribution in [3.05, 3.63) is 224 Å². The molecule has 56 heavy (non-hydrogen) atoms. The Labute approximate surface area is 328 Å². The second-order valence-electron chi connectivity index (χ2n) is 13.7. The van der Waals surface area contributed by atoms with Gasteiger partial charge in [0.25, 0.3) is 0 Å². The second-order valence-corrected chi connectivity index (χ2v) is 13.7. The van der Waals surface area contributed by atoms with Crippen LogP contribution in [0.25, 0.3) is 90.4 Å². The van der Waals surface area contributed by atoms with Gasteiger partial charge in [0.05, 0.1) is 17.1 Å². The molecule has 0 unspecified atom stereocenters. The van der Waals surface area contributed by atoms with Gasteiger partial charge in [-0.15, -0.1) is 0 Å². The number of hydrogen-bond acceptors (Lipinski definition) is 3. The first kappa shape index (κ1) is 34.3. The largest absolute Gasteiger partial charge is 0.256 e. The molecule has 0 radical (unpaired) electrons. The molecule has 0 bridgehead atoms. The molecule has 6 aromatic carbocycles. The molecule has 0 spiro atoms. The van der Waals surface area contributed by atoms with Gasteiger partial charge in [0.2, 0.25) is 0 Å². The van der Waals surface area contributed by atoms with Crippen molar-refractivity contribution in [3.8, 4) is 78.3 Å². The molecule has 0 aliphatic heterocycles. The Morgan fingerprint density at radius 3 is 1.14 bits per heavy atom. The summed E-state index contributed by atoms with van der Waals surface area (Å²) >= 11 is 0. The smallest absolute Gasteiger partial charge is 0.0702 e. The highest BCUT2D eigenvalue weighted by molar-refractivity contribution is 5.91. The molecule has 0 saturated heterocycles. The van der Waals surface area contributed by atoms with Gasteiger partial charge in [-0.2, -0.15) is 0 Å². The van der Waals surface area contributed by atoms with E-state index in [1.54, 1.807) is 0 Å². The second kappa shape index (κ2) is 15.9. The van der Waals surface area contributed by atoms with Crippen LogP contribution in [0, 0.1) is 0 Å². The third-order valence-corrected chi connectivity index (χ3v) is 10.1. The predicted molar refractivity (Wildman–Crippen MR) is 233 cm³/mol. The van der Waals surface area contributed by atoms with Crippen molar-refractivity contribution < 1.29 is 0 Å². The van der Waals surface area contributed by atoms with Crippen molar-refractivity contribution in [2.75, 3.05) is 0 Å². The third-order valence-electron chi connectivity index (χ3n) is 10.1. The first-order valence-corrected chi connectivity index (χ1v) is 18.8. The van der Waals surface area contributed by atoms with E-state index in [9.17, 15) is 0 Å². The summed E-state index contributed by atoms with van der Waals surface area (Å²) in [5.74, 6) is 0. The molecule has 0 amide bonds. The van der Waals surface area contributed by atoms with Crippen molar-refractivity contribution in [3.63, 3.8) is 0 Å². The van der Waals surface area contributed by atoms with Crippen LogP contribution < -0.4 is 0 Å². The Balaban J connectivity index is 1.13. The third kappa shape index (κ3) is 7.48. The first-order chi connectivity index (χ1) is 27.7. The molecule has 3 aromatic heterocycles. The van der Waals surface area contributed by atoms with E-state index in [2.05, 4.69) is 162 Å². The van der Waals surface area contributed by atoms with Crippen LogP contribution in [0.4, 0.5) is 0 Å². The maximum Gasteiger partial charge on any atom is 0.0702 e. The molecule has 3 heteroatoms. The predicted octanol–water partition coefficient (Wildman–Crippen LogP) is 13.7. The van der Waals surface area contributed by atoms with Crippen molar-refractivity contribution in [1.82, 2.24) is 15.0 Å². The van der Waals surface area contributed by atoms with E-state index in [4.69, 9.17) is 4.98 Å². The standard InChI is InChI=1S/C53H37N3/c1-2-12-42(13-3-1)53-31-22-38(37-56-53)20-21-39-34-45(49-16-6-4-14-47(49)40-23-27-43(28-24-40)51-18-8-10-32-54-51)36-46(35-39)50-17-7-5-15-48(50)41-25-29-44(30-26-41)52-19-9-11-33-55-52/h1-37H/b21-20-. The molecule has 0 atom stereocenters. The molecule has 0 fully saturated rings. The van der Waals surface area contributed by atoms with Gasteiger partial charge in [-0.25, -0.2) is 0 Å². The number of rotatable bonds is 9. The first-order valence-electron chi connectivity index (χ1n) is 18.8. The van der Waals surface area contributed by atoms with E-state index in [1.165, 1.54) is 22.3 Å². The van der Waals surface area contributed by atoms with Crippen LogP contribution >= 0.6 is 0 Å². The highest BCUT2D eigenvalue weighted by Crippen LogP contribution is 2.39. The molecular weight excluding hydrogens is 679 g/mol. The Morgan fingerprint density at radius 1 is 0.268 bits per heavy atom. The molecule has 0 aliphatic carbocycles. The van der Waals surface area contributed by atoms with E-state index in [-0.39, 0.29) is 0 Å². The van der Waals surface area contributed by atoms with Crippen molar-refractivity contribution in [1.29, 1.82) is 0 Å². The Hall–Kier alpha value is -7.49. The Kier molecular flexibility index (Phi) is 9.71. The molecule has 3 heterocycles. The minimum Gasteiger partial charge on any atom is -0.256 e. The van der Waals surface area contributed by atoms with E-state index < -0.39 is 0 Å². The Morgan fingerprint density at radius 2 is 0.679 bits per heavy atom. The van der Waals surface area contributed by atoms with E-state index in [0.29, 0.717) is 0 Å². The maximum absolute atomic E-state index is 4.77. The zero-order chi connectivity index (χ0) is 37.5. The minimum atomic E-state index is 0.960. The number of aromatic nitrogens is 3. The highest BCUT2D eigenvalue weighted by atomic mass is 14.7. The average molecular weight is 716 g/mol. The van der Waals surface area contributed by atoms with Crippen LogP contribution in [0.2, 0.25) is 0 Å². The lowest BCUT2D eigenvalue weighted by molar-refractivity contribution is 1.31. The normalized spacial score (nSPS) is 11.1. The molecule has 0 saturated carbocycles. The quantitative estimate of drug-likeness (QED) is 0.149. The summed E-state index contributed by atoms with van der Waals surface area (Å²) in [5.41, 5.74) is 17.6. The molecular formula is C53H37N3. The summed E-state index contributed by atoms with van der Waals surface area (Å²) < 4.78 is 0. The highest BCUT2D eigenvalue weighted by Gasteiger charge is 2.14. The summed E-state index contributed by atoms with van der Waals surface area (Å²) in [4.78, 5) is 13.9. The SMILES string of the molecule is C(=C/c1cc(-c2ccccc2-c2ccc(-c3ccccn3)cc2)cc(-c2ccccc2-c2ccc(-c3ccccn3)cc2)c1)/c1ccc(-c2ccccc2)nc1. The van der Waals surface area contributed by atoms with Gasteiger partial charge in [-0.3, -0.25) is 15.0 Å². The number of nitrogens with zero attached hydrogens (tertiary/aromatic N) is 3. The Bertz CT molecular complexity index is 2590. The maximum atomic E-state index is 4.77. The fraction of sp³-hybridized carbons (Fsp3) is 0. The van der Waals surface area contributed by atoms with Crippen LogP contribution in [0.5, 0.6) is 0 Å². The number of pyridine rings is 3. The monoisotopic (exact) mass is 715 g/mol. The minimum absolute atomic E-state index is 0.960. The van der Waals surface area contributed by atoms with Crippen LogP contribution in [0.1, 0.15) is 11.1 Å². The zero-order valence-corrected chi connectivity index (χ0v) is 30.7. The summed E-state index contributed by atoms with van der Waals surface area (Å²) in [6.45, 7) is 0. The zero-order valence-electron chi connectivity index (χ0n) is 30.7. The van der Waals surface area contributed by atoms with E-state index in [0.717, 1.165) is 67.2 Å².